The second-order valence-electron chi connectivity index (χ2n) is 14.8. The van der Waals surface area contributed by atoms with Gasteiger partial charge in [-0.2, -0.15) is 0 Å². The number of unbranched alkanes of at least 4 members (excludes halogenated alkanes) is 1. The Kier molecular flexibility index (Phi) is 7.38. The number of amides is 2. The molecule has 250 valence electrons. The third-order valence-electron chi connectivity index (χ3n) is 12.6. The van der Waals surface area contributed by atoms with Crippen molar-refractivity contribution >= 4 is 29.6 Å². The van der Waals surface area contributed by atoms with E-state index in [-0.39, 0.29) is 47.5 Å². The Labute approximate surface area is 281 Å². The molecule has 8 aliphatic rings. The number of nitrogens with two attached hydrogens (primary N) is 1. The van der Waals surface area contributed by atoms with Crippen LogP contribution in [0.5, 0.6) is 0 Å². The summed E-state index contributed by atoms with van der Waals surface area (Å²) in [5, 5.41) is 0. The fourth-order valence-electron chi connectivity index (χ4n) is 10.5. The van der Waals surface area contributed by atoms with E-state index in [0.717, 1.165) is 79.4 Å². The molecule has 5 unspecified atom stereocenters. The summed E-state index contributed by atoms with van der Waals surface area (Å²) >= 11 is 0. The predicted molar refractivity (Wildman–Crippen MR) is 177 cm³/mol. The van der Waals surface area contributed by atoms with Crippen molar-refractivity contribution in [3.05, 3.63) is 82.0 Å². The minimum absolute atomic E-state index is 0.0501. The average molecular weight is 650 g/mol. The number of esters is 2. The lowest BCUT2D eigenvalue weighted by molar-refractivity contribution is -0.137. The summed E-state index contributed by atoms with van der Waals surface area (Å²) in [4.78, 5) is 59.7. The van der Waals surface area contributed by atoms with Gasteiger partial charge in [0, 0.05) is 47.9 Å². The lowest BCUT2D eigenvalue weighted by Gasteiger charge is -2.57. The predicted octanol–water partition coefficient (Wildman–Crippen LogP) is 6.35. The molecule has 9 heteroatoms. The first-order valence-electron chi connectivity index (χ1n) is 17.8. The Morgan fingerprint density at radius 1 is 1.04 bits per heavy atom. The zero-order valence-electron chi connectivity index (χ0n) is 27.8. The molecule has 1 aromatic rings. The number of ether oxygens (including phenoxy) is 2. The van der Waals surface area contributed by atoms with Gasteiger partial charge in [-0.3, -0.25) is 14.5 Å². The van der Waals surface area contributed by atoms with Gasteiger partial charge >= 0.3 is 11.9 Å². The Hall–Kier alpha value is -4.27. The van der Waals surface area contributed by atoms with Crippen molar-refractivity contribution in [2.75, 3.05) is 12.3 Å². The van der Waals surface area contributed by atoms with E-state index in [2.05, 4.69) is 31.0 Å². The number of cyclic esters (lactones) is 2. The van der Waals surface area contributed by atoms with E-state index in [4.69, 9.17) is 15.2 Å². The topological polar surface area (TPSA) is 129 Å². The fourth-order valence-corrected chi connectivity index (χ4v) is 10.5. The van der Waals surface area contributed by atoms with Crippen molar-refractivity contribution in [2.45, 2.75) is 90.4 Å². The second-order valence-corrected chi connectivity index (χ2v) is 14.8. The van der Waals surface area contributed by atoms with Gasteiger partial charge in [-0.1, -0.05) is 33.1 Å². The molecule has 5 atom stereocenters. The number of hydrogen-bond acceptors (Lipinski definition) is 8. The van der Waals surface area contributed by atoms with Gasteiger partial charge in [0.1, 0.15) is 17.3 Å². The lowest BCUT2D eigenvalue weighted by Crippen LogP contribution is -2.53. The highest BCUT2D eigenvalue weighted by molar-refractivity contribution is 6.13. The number of rotatable bonds is 8. The second kappa shape index (κ2) is 11.4. The van der Waals surface area contributed by atoms with Gasteiger partial charge in [0.25, 0.3) is 11.8 Å². The summed E-state index contributed by atoms with van der Waals surface area (Å²) < 4.78 is 12.5. The van der Waals surface area contributed by atoms with Crippen LogP contribution in [0.15, 0.2) is 76.4 Å². The monoisotopic (exact) mass is 649 g/mol. The van der Waals surface area contributed by atoms with Crippen molar-refractivity contribution in [1.82, 2.24) is 9.88 Å². The number of carbonyl (C=O) groups excluding carboxylic acids is 4. The molecule has 2 amide bonds. The summed E-state index contributed by atoms with van der Waals surface area (Å²) in [5.41, 5.74) is 9.44. The van der Waals surface area contributed by atoms with Crippen molar-refractivity contribution in [1.29, 1.82) is 0 Å². The first kappa shape index (κ1) is 31.0. The standard InChI is InChI=1S/C39H43N3O6/c1-3-5-8-28-39-17-13-23(24-9-10-25-27(47-36(45)33(25)34(24)39)20-38(4-2)15-6-7-16-38)32(35(39)37(46)48-28)26(22-14-18-41-29(40)19-22)21-42-30(43)11-12-31(42)44/h8,11-12,14,18-20,23-24,26,34H,3-7,9-10,13,15-17,21H2,1-2H3,(H2,40,41). The molecule has 5 aliphatic carbocycles. The summed E-state index contributed by atoms with van der Waals surface area (Å²) in [7, 11) is 0. The van der Waals surface area contributed by atoms with E-state index in [1.54, 1.807) is 12.3 Å². The molecule has 48 heavy (non-hydrogen) atoms. The van der Waals surface area contributed by atoms with Gasteiger partial charge in [-0.25, -0.2) is 14.6 Å². The molecule has 0 radical (unpaired) electrons. The minimum atomic E-state index is -0.833. The highest BCUT2D eigenvalue weighted by Gasteiger charge is 2.69. The number of imide groups is 1. The van der Waals surface area contributed by atoms with E-state index in [9.17, 15) is 19.2 Å². The summed E-state index contributed by atoms with van der Waals surface area (Å²) in [6, 6.07) is 3.63. The molecule has 9 nitrogen and oxygen atoms in total. The van der Waals surface area contributed by atoms with Gasteiger partial charge in [0.2, 0.25) is 0 Å². The molecule has 2 bridgehead atoms. The lowest BCUT2D eigenvalue weighted by atomic mass is 9.43. The molecular formula is C39H43N3O6. The molecule has 9 rings (SSSR count). The average Bonchev–Trinajstić information content (AvgIpc) is 3.84. The minimum Gasteiger partial charge on any atom is -0.427 e. The van der Waals surface area contributed by atoms with Crippen LogP contribution in [0.1, 0.15) is 96.0 Å². The van der Waals surface area contributed by atoms with Crippen LogP contribution in [0.3, 0.4) is 0 Å². The van der Waals surface area contributed by atoms with Gasteiger partial charge in [-0.15, -0.1) is 0 Å². The molecule has 0 aromatic carbocycles. The zero-order valence-corrected chi connectivity index (χ0v) is 27.8. The number of anilines is 1. The molecule has 2 N–H and O–H groups in total. The molecule has 1 aromatic heterocycles. The molecule has 2 saturated carbocycles. The zero-order chi connectivity index (χ0) is 33.4. The van der Waals surface area contributed by atoms with E-state index < -0.39 is 17.3 Å². The van der Waals surface area contributed by atoms with Crippen LogP contribution in [-0.2, 0) is 28.7 Å². The first-order valence-corrected chi connectivity index (χ1v) is 17.8. The van der Waals surface area contributed by atoms with Gasteiger partial charge in [-0.05, 0) is 104 Å². The van der Waals surface area contributed by atoms with Crippen LogP contribution in [0, 0.1) is 28.6 Å². The van der Waals surface area contributed by atoms with Gasteiger partial charge < -0.3 is 15.2 Å². The van der Waals surface area contributed by atoms with E-state index in [0.29, 0.717) is 23.6 Å². The van der Waals surface area contributed by atoms with E-state index in [1.165, 1.54) is 29.9 Å². The van der Waals surface area contributed by atoms with Crippen LogP contribution < -0.4 is 5.73 Å². The third-order valence-corrected chi connectivity index (χ3v) is 12.6. The molecule has 4 heterocycles. The summed E-state index contributed by atoms with van der Waals surface area (Å²) in [6.07, 6.45) is 18.8. The van der Waals surface area contributed by atoms with Crippen molar-refractivity contribution < 1.29 is 28.7 Å². The molecule has 3 fully saturated rings. The number of aromatic nitrogens is 1. The Morgan fingerprint density at radius 3 is 2.52 bits per heavy atom. The third kappa shape index (κ3) is 4.45. The normalized spacial score (nSPS) is 32.4. The van der Waals surface area contributed by atoms with Crippen molar-refractivity contribution in [3.8, 4) is 0 Å². The Balaban J connectivity index is 1.33. The van der Waals surface area contributed by atoms with Crippen molar-refractivity contribution in [2.24, 2.45) is 28.6 Å². The maximum absolute atomic E-state index is 14.3. The Bertz CT molecular complexity index is 1770. The van der Waals surface area contributed by atoms with Gasteiger partial charge in [0.05, 0.1) is 11.0 Å². The number of nitrogen functional groups attached to an aromatic ring is 1. The highest BCUT2D eigenvalue weighted by atomic mass is 16.5. The number of allylic oxidation sites excluding steroid dienone is 4. The number of carbonyl (C=O) groups is 4. The summed E-state index contributed by atoms with van der Waals surface area (Å²) in [5.74, 6) is -0.507. The molecule has 1 spiro atoms. The van der Waals surface area contributed by atoms with Gasteiger partial charge in [0.15, 0.2) is 0 Å². The van der Waals surface area contributed by atoms with E-state index in [1.807, 2.05) is 6.07 Å². The largest absolute Gasteiger partial charge is 0.427 e. The maximum Gasteiger partial charge on any atom is 0.340 e. The van der Waals surface area contributed by atoms with Crippen LogP contribution in [-0.4, -0.2) is 40.2 Å². The van der Waals surface area contributed by atoms with Crippen LogP contribution in [0.2, 0.25) is 0 Å². The summed E-state index contributed by atoms with van der Waals surface area (Å²) in [6.45, 7) is 4.39. The number of hydrogen-bond donors (Lipinski definition) is 1. The van der Waals surface area contributed by atoms with E-state index >= 15 is 0 Å². The smallest absolute Gasteiger partial charge is 0.340 e. The fraction of sp³-hybridized carbons (Fsp3) is 0.513. The number of fused-ring (bicyclic) bond motifs is 1. The van der Waals surface area contributed by atoms with Crippen LogP contribution in [0.25, 0.3) is 0 Å². The quantitative estimate of drug-likeness (QED) is 0.255. The van der Waals surface area contributed by atoms with Crippen LogP contribution in [0.4, 0.5) is 5.82 Å². The molecule has 1 saturated heterocycles. The first-order chi connectivity index (χ1) is 23.2. The van der Waals surface area contributed by atoms with Crippen molar-refractivity contribution in [3.63, 3.8) is 0 Å². The Morgan fingerprint density at radius 2 is 1.81 bits per heavy atom. The molecule has 3 aliphatic heterocycles. The maximum atomic E-state index is 14.3. The SMILES string of the molecule is CCCC=C1OC(=O)C2=C(C(CN3C(=O)C=CC3=O)c3ccnc(N)c3)C3CCC12C1C2=C(CCC31)C(=CC1(CC)CCCC1)OC2=O. The number of nitrogens with zero attached hydrogens (tertiary/aromatic N) is 2. The van der Waals surface area contributed by atoms with Crippen LogP contribution >= 0.6 is 0 Å². The number of pyridine rings is 1. The highest BCUT2D eigenvalue weighted by Crippen LogP contribution is 2.71. The molecular weight excluding hydrogens is 606 g/mol.